The number of nitrogens with one attached hydrogen (secondary N) is 1. The number of hydrogen-bond donors (Lipinski definition) is 1. The highest BCUT2D eigenvalue weighted by Crippen LogP contribution is 2.30. The lowest BCUT2D eigenvalue weighted by atomic mass is 9.98. The molecule has 0 aromatic heterocycles. The molecule has 1 fully saturated rings. The Morgan fingerprint density at radius 2 is 1.90 bits per heavy atom. The smallest absolute Gasteiger partial charge is 0.161 e. The lowest BCUT2D eigenvalue weighted by molar-refractivity contribution is 0.211. The molecule has 1 N–H and O–H groups in total. The van der Waals surface area contributed by atoms with E-state index in [0.717, 1.165) is 37.0 Å². The quantitative estimate of drug-likeness (QED) is 0.787. The maximum absolute atomic E-state index is 6.01. The van der Waals surface area contributed by atoms with E-state index in [9.17, 15) is 0 Å². The number of rotatable bonds is 8. The normalized spacial score (nSPS) is 17.1. The largest absolute Gasteiger partial charge is 0.493 e. The molecule has 112 valence electrons. The van der Waals surface area contributed by atoms with Gasteiger partial charge in [0.2, 0.25) is 0 Å². The molecule has 20 heavy (non-hydrogen) atoms. The third-order valence-electron chi connectivity index (χ3n) is 4.11. The Balaban J connectivity index is 1.93. The van der Waals surface area contributed by atoms with Crippen molar-refractivity contribution in [3.8, 4) is 11.5 Å². The highest BCUT2D eigenvalue weighted by molar-refractivity contribution is 5.39. The molecular formula is C17H27NO2. The molecule has 0 amide bonds. The second kappa shape index (κ2) is 8.15. The lowest BCUT2D eigenvalue weighted by Gasteiger charge is -2.25. The van der Waals surface area contributed by atoms with Crippen LogP contribution >= 0.6 is 0 Å². The fourth-order valence-corrected chi connectivity index (χ4v) is 2.97. The van der Waals surface area contributed by atoms with Gasteiger partial charge in [-0.3, -0.25) is 0 Å². The molecule has 1 aliphatic carbocycles. The summed E-state index contributed by atoms with van der Waals surface area (Å²) in [6.07, 6.45) is 6.55. The molecule has 1 saturated carbocycles. The van der Waals surface area contributed by atoms with Crippen LogP contribution in [0, 0.1) is 5.92 Å². The molecule has 0 bridgehead atoms. The third-order valence-corrected chi connectivity index (χ3v) is 4.11. The molecule has 0 radical (unpaired) electrons. The second-order valence-electron chi connectivity index (χ2n) is 5.57. The average molecular weight is 277 g/mol. The van der Waals surface area contributed by atoms with Gasteiger partial charge in [-0.15, -0.1) is 0 Å². The molecule has 0 aliphatic heterocycles. The Kier molecular flexibility index (Phi) is 6.19. The van der Waals surface area contributed by atoms with Gasteiger partial charge in [-0.05, 0) is 43.9 Å². The van der Waals surface area contributed by atoms with Crippen molar-refractivity contribution in [1.29, 1.82) is 0 Å². The molecule has 1 aromatic carbocycles. The van der Waals surface area contributed by atoms with Crippen LogP contribution in [0.4, 0.5) is 0 Å². The van der Waals surface area contributed by atoms with Gasteiger partial charge in [0.25, 0.3) is 0 Å². The lowest BCUT2D eigenvalue weighted by Crippen LogP contribution is -2.40. The number of ether oxygens (including phenoxy) is 2. The van der Waals surface area contributed by atoms with Crippen molar-refractivity contribution in [2.24, 2.45) is 5.92 Å². The first-order chi connectivity index (χ1) is 9.85. The summed E-state index contributed by atoms with van der Waals surface area (Å²) in [7, 11) is 1.69. The molecule has 3 heteroatoms. The predicted molar refractivity (Wildman–Crippen MR) is 82.5 cm³/mol. The number of para-hydroxylation sites is 2. The summed E-state index contributed by atoms with van der Waals surface area (Å²) in [5.74, 6) is 2.42. The first-order valence-electron chi connectivity index (χ1n) is 7.84. The van der Waals surface area contributed by atoms with Gasteiger partial charge in [0, 0.05) is 6.04 Å². The van der Waals surface area contributed by atoms with E-state index in [4.69, 9.17) is 9.47 Å². The van der Waals surface area contributed by atoms with Crippen molar-refractivity contribution in [2.45, 2.75) is 45.1 Å². The number of benzene rings is 1. The molecule has 1 aliphatic rings. The zero-order chi connectivity index (χ0) is 14.2. The summed E-state index contributed by atoms with van der Waals surface area (Å²) in [6.45, 7) is 4.00. The highest BCUT2D eigenvalue weighted by Gasteiger charge is 2.25. The minimum atomic E-state index is 0.461. The van der Waals surface area contributed by atoms with Crippen LogP contribution in [0.15, 0.2) is 24.3 Å². The van der Waals surface area contributed by atoms with Gasteiger partial charge in [-0.1, -0.05) is 31.9 Å². The van der Waals surface area contributed by atoms with E-state index in [1.54, 1.807) is 7.11 Å². The predicted octanol–water partition coefficient (Wildman–Crippen LogP) is 3.63. The molecule has 2 rings (SSSR count). The minimum absolute atomic E-state index is 0.461. The van der Waals surface area contributed by atoms with E-state index in [1.165, 1.54) is 25.7 Å². The zero-order valence-electron chi connectivity index (χ0n) is 12.7. The summed E-state index contributed by atoms with van der Waals surface area (Å²) in [4.78, 5) is 0. The zero-order valence-corrected chi connectivity index (χ0v) is 12.7. The van der Waals surface area contributed by atoms with E-state index in [1.807, 2.05) is 24.3 Å². The maximum atomic E-state index is 6.01. The van der Waals surface area contributed by atoms with Gasteiger partial charge in [0.05, 0.1) is 7.11 Å². The van der Waals surface area contributed by atoms with Crippen molar-refractivity contribution in [3.63, 3.8) is 0 Å². The third kappa shape index (κ3) is 4.14. The summed E-state index contributed by atoms with van der Waals surface area (Å²) >= 11 is 0. The first kappa shape index (κ1) is 15.2. The fraction of sp³-hybridized carbons (Fsp3) is 0.647. The molecule has 1 aromatic rings. The molecule has 0 heterocycles. The molecule has 0 saturated heterocycles. The van der Waals surface area contributed by atoms with E-state index in [0.29, 0.717) is 6.04 Å². The second-order valence-corrected chi connectivity index (χ2v) is 5.57. The summed E-state index contributed by atoms with van der Waals surface area (Å²) in [6, 6.07) is 8.34. The van der Waals surface area contributed by atoms with Crippen molar-refractivity contribution in [1.82, 2.24) is 5.32 Å². The van der Waals surface area contributed by atoms with Crippen LogP contribution in [-0.2, 0) is 0 Å². The Morgan fingerprint density at radius 1 is 1.20 bits per heavy atom. The van der Waals surface area contributed by atoms with Gasteiger partial charge in [0.1, 0.15) is 6.61 Å². The Bertz CT molecular complexity index is 388. The number of hydrogen-bond acceptors (Lipinski definition) is 3. The topological polar surface area (TPSA) is 30.5 Å². The number of methoxy groups -OCH3 is 1. The van der Waals surface area contributed by atoms with Gasteiger partial charge in [-0.2, -0.15) is 0 Å². The van der Waals surface area contributed by atoms with Crippen LogP contribution in [0.5, 0.6) is 11.5 Å². The first-order valence-corrected chi connectivity index (χ1v) is 7.84. The van der Waals surface area contributed by atoms with Gasteiger partial charge in [-0.25, -0.2) is 0 Å². The summed E-state index contributed by atoms with van der Waals surface area (Å²) < 4.78 is 11.4. The van der Waals surface area contributed by atoms with Crippen LogP contribution in [0.3, 0.4) is 0 Å². The standard InChI is InChI=1S/C17H27NO2/c1-3-12-18-15(14-8-4-5-9-14)13-20-17-11-7-6-10-16(17)19-2/h6-7,10-11,14-15,18H,3-5,8-9,12-13H2,1-2H3. The Labute approximate surface area is 122 Å². The van der Waals surface area contributed by atoms with E-state index < -0.39 is 0 Å². The van der Waals surface area contributed by atoms with Gasteiger partial charge < -0.3 is 14.8 Å². The SMILES string of the molecule is CCCNC(COc1ccccc1OC)C1CCCC1. The average Bonchev–Trinajstić information content (AvgIpc) is 3.02. The van der Waals surface area contributed by atoms with E-state index in [-0.39, 0.29) is 0 Å². The van der Waals surface area contributed by atoms with Crippen LogP contribution in [0.2, 0.25) is 0 Å². The summed E-state index contributed by atoms with van der Waals surface area (Å²) in [5, 5.41) is 3.65. The molecule has 3 nitrogen and oxygen atoms in total. The Morgan fingerprint density at radius 3 is 2.55 bits per heavy atom. The maximum Gasteiger partial charge on any atom is 0.161 e. The van der Waals surface area contributed by atoms with E-state index in [2.05, 4.69) is 12.2 Å². The molecule has 1 atom stereocenters. The minimum Gasteiger partial charge on any atom is -0.493 e. The van der Waals surface area contributed by atoms with Crippen LogP contribution in [0.25, 0.3) is 0 Å². The molecular weight excluding hydrogens is 250 g/mol. The molecule has 0 spiro atoms. The van der Waals surface area contributed by atoms with Crippen LogP contribution < -0.4 is 14.8 Å². The van der Waals surface area contributed by atoms with Crippen LogP contribution in [0.1, 0.15) is 39.0 Å². The van der Waals surface area contributed by atoms with E-state index >= 15 is 0 Å². The van der Waals surface area contributed by atoms with Crippen molar-refractivity contribution in [3.05, 3.63) is 24.3 Å². The Hall–Kier alpha value is -1.22. The van der Waals surface area contributed by atoms with Gasteiger partial charge >= 0.3 is 0 Å². The highest BCUT2D eigenvalue weighted by atomic mass is 16.5. The molecule has 1 unspecified atom stereocenters. The van der Waals surface area contributed by atoms with Crippen molar-refractivity contribution in [2.75, 3.05) is 20.3 Å². The summed E-state index contributed by atoms with van der Waals surface area (Å²) in [5.41, 5.74) is 0. The monoisotopic (exact) mass is 277 g/mol. The van der Waals surface area contributed by atoms with Crippen molar-refractivity contribution >= 4 is 0 Å². The van der Waals surface area contributed by atoms with Crippen molar-refractivity contribution < 1.29 is 9.47 Å². The fourth-order valence-electron chi connectivity index (χ4n) is 2.97. The van der Waals surface area contributed by atoms with Crippen LogP contribution in [-0.4, -0.2) is 26.3 Å². The van der Waals surface area contributed by atoms with Gasteiger partial charge in [0.15, 0.2) is 11.5 Å².